The molecule has 1 aromatic heterocycles. The van der Waals surface area contributed by atoms with E-state index >= 15 is 0 Å². The fourth-order valence-electron chi connectivity index (χ4n) is 6.82. The van der Waals surface area contributed by atoms with E-state index in [-0.39, 0.29) is 0 Å². The highest BCUT2D eigenvalue weighted by molar-refractivity contribution is 5.88. The molecule has 2 saturated carbocycles. The molecule has 0 radical (unpaired) electrons. The van der Waals surface area contributed by atoms with E-state index in [9.17, 15) is 1.37 Å². The van der Waals surface area contributed by atoms with Gasteiger partial charge in [0.15, 0.2) is 6.20 Å². The third-order valence-corrected chi connectivity index (χ3v) is 9.08. The molecule has 1 spiro atoms. The predicted octanol–water partition coefficient (Wildman–Crippen LogP) is 9.22. The summed E-state index contributed by atoms with van der Waals surface area (Å²) in [5.41, 5.74) is 6.85. The second-order valence-corrected chi connectivity index (χ2v) is 11.4. The Morgan fingerprint density at radius 2 is 1.56 bits per heavy atom. The Labute approximate surface area is 222 Å². The average Bonchev–Trinajstić information content (AvgIpc) is 2.95. The summed E-state index contributed by atoms with van der Waals surface area (Å²) >= 11 is 0. The van der Waals surface area contributed by atoms with Crippen molar-refractivity contribution in [2.75, 3.05) is 0 Å². The maximum Gasteiger partial charge on any atom is 0.213 e. The van der Waals surface area contributed by atoms with E-state index < -0.39 is 12.7 Å². The minimum absolute atomic E-state index is 0.354. The normalized spacial score (nSPS) is 20.9. The van der Waals surface area contributed by atoms with E-state index in [4.69, 9.17) is 4.11 Å². The lowest BCUT2D eigenvalue weighted by Gasteiger charge is -2.43. The number of nitrogens with zero attached hydrogens (tertiary/aromatic N) is 1. The topological polar surface area (TPSA) is 3.88 Å². The van der Waals surface area contributed by atoms with Crippen molar-refractivity contribution in [2.24, 2.45) is 12.5 Å². The number of fused-ring (bicyclic) bond motifs is 1. The zero-order valence-electron chi connectivity index (χ0n) is 25.7. The molecule has 0 aliphatic heterocycles. The minimum atomic E-state index is -2.23. The molecule has 2 aliphatic rings. The summed E-state index contributed by atoms with van der Waals surface area (Å²) < 4.78 is 36.1. The van der Waals surface area contributed by atoms with E-state index in [0.717, 1.165) is 57.1 Å². The zero-order chi connectivity index (χ0) is 28.1. The van der Waals surface area contributed by atoms with Gasteiger partial charge in [-0.2, -0.15) is 0 Å². The molecule has 2 aliphatic carbocycles. The summed E-state index contributed by atoms with van der Waals surface area (Å²) in [4.78, 5) is 0. The minimum Gasteiger partial charge on any atom is -0.201 e. The molecule has 1 heterocycles. The van der Waals surface area contributed by atoms with E-state index in [1.807, 2.05) is 35.9 Å². The highest BCUT2D eigenvalue weighted by atomic mass is 14.9. The monoisotopic (exact) mass is 478 g/mol. The SMILES string of the molecule is [2H]C([2H])([2H])c1c[n+](C)c(-c2ccccc2C)cc1-c1ccc2cc(C3([2H])CCC4(CCCCC4)CC3)ccc2c1. The Hall–Kier alpha value is -2.93. The molecule has 4 aromatic rings. The molecule has 0 atom stereocenters. The van der Waals surface area contributed by atoms with Crippen LogP contribution < -0.4 is 4.57 Å². The van der Waals surface area contributed by atoms with Crippen molar-refractivity contribution in [3.05, 3.63) is 89.6 Å². The number of pyridine rings is 1. The Morgan fingerprint density at radius 1 is 0.806 bits per heavy atom. The maximum absolute atomic E-state index is 9.39. The van der Waals surface area contributed by atoms with Gasteiger partial charge in [0.05, 0.1) is 0 Å². The van der Waals surface area contributed by atoms with Crippen molar-refractivity contribution in [2.45, 2.75) is 77.5 Å². The molecular formula is C35H40N+. The van der Waals surface area contributed by atoms with Gasteiger partial charge in [-0.1, -0.05) is 67.8 Å². The lowest BCUT2D eigenvalue weighted by molar-refractivity contribution is -0.660. The molecule has 3 aromatic carbocycles. The summed E-state index contributed by atoms with van der Waals surface area (Å²) in [6, 6.07) is 23.0. The molecule has 184 valence electrons. The van der Waals surface area contributed by atoms with Crippen LogP contribution >= 0.6 is 0 Å². The van der Waals surface area contributed by atoms with Crippen LogP contribution in [0.5, 0.6) is 0 Å². The van der Waals surface area contributed by atoms with Gasteiger partial charge in [-0.15, -0.1) is 0 Å². The molecule has 0 unspecified atom stereocenters. The molecular weight excluding hydrogens is 434 g/mol. The molecule has 1 nitrogen and oxygen atoms in total. The number of hydrogen-bond acceptors (Lipinski definition) is 0. The largest absolute Gasteiger partial charge is 0.213 e. The summed E-state index contributed by atoms with van der Waals surface area (Å²) in [6.45, 7) is -0.148. The highest BCUT2D eigenvalue weighted by Crippen LogP contribution is 2.51. The van der Waals surface area contributed by atoms with E-state index in [0.29, 0.717) is 11.0 Å². The maximum atomic E-state index is 9.39. The van der Waals surface area contributed by atoms with Gasteiger partial charge in [-0.05, 0) is 109 Å². The molecule has 6 rings (SSSR count). The zero-order valence-corrected chi connectivity index (χ0v) is 21.7. The van der Waals surface area contributed by atoms with Crippen LogP contribution in [0.3, 0.4) is 0 Å². The van der Waals surface area contributed by atoms with Crippen molar-refractivity contribution >= 4 is 10.8 Å². The predicted molar refractivity (Wildman–Crippen MR) is 152 cm³/mol. The number of rotatable bonds is 3. The standard InChI is InChI=1S/C35H40N/c1-25-9-5-6-10-32(25)34-23-33(26(2)24-36(34)3)31-14-13-29-21-28(11-12-30(29)22-31)27-15-19-35(20-16-27)17-7-4-8-18-35/h5-6,9-14,21-24,27H,4,7-8,15-20H2,1-3H3/q+1/i2D3,27D. The summed E-state index contributed by atoms with van der Waals surface area (Å²) in [7, 11) is 1.92. The third-order valence-electron chi connectivity index (χ3n) is 9.08. The van der Waals surface area contributed by atoms with Crippen molar-refractivity contribution in [3.63, 3.8) is 0 Å². The van der Waals surface area contributed by atoms with Crippen molar-refractivity contribution < 1.29 is 10.1 Å². The second-order valence-electron chi connectivity index (χ2n) is 11.4. The summed E-state index contributed by atoms with van der Waals surface area (Å²) in [5.74, 6) is -0.513. The highest BCUT2D eigenvalue weighted by Gasteiger charge is 2.36. The second kappa shape index (κ2) is 9.51. The Bertz CT molecular complexity index is 1550. The van der Waals surface area contributed by atoms with Crippen molar-refractivity contribution in [1.82, 2.24) is 0 Å². The molecule has 0 saturated heterocycles. The summed E-state index contributed by atoms with van der Waals surface area (Å²) in [5, 5.41) is 2.19. The average molecular weight is 479 g/mol. The van der Waals surface area contributed by atoms with Gasteiger partial charge in [-0.3, -0.25) is 0 Å². The van der Waals surface area contributed by atoms with Crippen LogP contribution in [0, 0.1) is 19.2 Å². The first-order valence-corrected chi connectivity index (χ1v) is 13.7. The summed E-state index contributed by atoms with van der Waals surface area (Å²) in [6.07, 6.45) is 12.8. The van der Waals surface area contributed by atoms with Crippen molar-refractivity contribution in [1.29, 1.82) is 0 Å². The van der Waals surface area contributed by atoms with Gasteiger partial charge in [0.1, 0.15) is 7.05 Å². The van der Waals surface area contributed by atoms with Crippen LogP contribution in [0.25, 0.3) is 33.2 Å². The van der Waals surface area contributed by atoms with E-state index in [1.54, 1.807) is 6.20 Å². The molecule has 1 heteroatoms. The van der Waals surface area contributed by atoms with Gasteiger partial charge in [0.2, 0.25) is 5.69 Å². The van der Waals surface area contributed by atoms with Gasteiger partial charge in [-0.25, -0.2) is 4.57 Å². The van der Waals surface area contributed by atoms with Gasteiger partial charge in [0, 0.05) is 22.7 Å². The molecule has 36 heavy (non-hydrogen) atoms. The molecule has 2 fully saturated rings. The Morgan fingerprint density at radius 3 is 2.33 bits per heavy atom. The van der Waals surface area contributed by atoms with E-state index in [1.165, 1.54) is 44.9 Å². The van der Waals surface area contributed by atoms with E-state index in [2.05, 4.69) is 49.4 Å². The molecule has 0 bridgehead atoms. The Kier molecular flexibility index (Phi) is 5.07. The van der Waals surface area contributed by atoms with Gasteiger partial charge in [0.25, 0.3) is 0 Å². The fourth-order valence-corrected chi connectivity index (χ4v) is 6.82. The first-order chi connectivity index (χ1) is 19.1. The Balaban J connectivity index is 1.36. The fraction of sp³-hybridized carbons (Fsp3) is 0.400. The van der Waals surface area contributed by atoms with Crippen LogP contribution in [0.4, 0.5) is 0 Å². The number of aryl methyl sites for hydroxylation is 3. The van der Waals surface area contributed by atoms with Crippen LogP contribution in [0.15, 0.2) is 72.9 Å². The van der Waals surface area contributed by atoms with Gasteiger partial charge < -0.3 is 0 Å². The number of aromatic nitrogens is 1. The number of hydrogen-bond donors (Lipinski definition) is 0. The molecule has 0 N–H and O–H groups in total. The third kappa shape index (κ3) is 4.38. The number of benzene rings is 3. The van der Waals surface area contributed by atoms with Gasteiger partial charge >= 0.3 is 0 Å². The van der Waals surface area contributed by atoms with Crippen LogP contribution in [0.2, 0.25) is 0 Å². The first kappa shape index (κ1) is 19.2. The van der Waals surface area contributed by atoms with Crippen molar-refractivity contribution in [3.8, 4) is 22.4 Å². The smallest absolute Gasteiger partial charge is 0.201 e. The molecule has 0 amide bonds. The van der Waals surface area contributed by atoms with Crippen LogP contribution in [-0.2, 0) is 7.05 Å². The lowest BCUT2D eigenvalue weighted by atomic mass is 9.62. The van der Waals surface area contributed by atoms with Crippen LogP contribution in [-0.4, -0.2) is 0 Å². The van der Waals surface area contributed by atoms with Crippen LogP contribution in [0.1, 0.15) is 85.9 Å². The quantitative estimate of drug-likeness (QED) is 0.258. The lowest BCUT2D eigenvalue weighted by Crippen LogP contribution is -2.31. The first-order valence-electron chi connectivity index (χ1n) is 15.7.